The van der Waals surface area contributed by atoms with Crippen molar-refractivity contribution < 1.29 is 18.5 Å². The second kappa shape index (κ2) is 4.48. The van der Waals surface area contributed by atoms with Gasteiger partial charge in [0.1, 0.15) is 5.76 Å². The van der Waals surface area contributed by atoms with E-state index in [1.165, 1.54) is 0 Å². The van der Waals surface area contributed by atoms with E-state index in [1.54, 1.807) is 13.2 Å². The maximum absolute atomic E-state index is 5.84. The third-order valence-corrected chi connectivity index (χ3v) is 3.49. The van der Waals surface area contributed by atoms with Crippen LogP contribution in [0, 0.1) is 0 Å². The first kappa shape index (κ1) is 13.2. The van der Waals surface area contributed by atoms with Gasteiger partial charge < -0.3 is 18.5 Å². The van der Waals surface area contributed by atoms with Crippen molar-refractivity contribution in [3.05, 3.63) is 23.9 Å². The van der Waals surface area contributed by atoms with Crippen LogP contribution in [-0.4, -0.2) is 25.4 Å². The number of hydrogen-bond acceptors (Lipinski definition) is 4. The summed E-state index contributed by atoms with van der Waals surface area (Å²) < 4.78 is 22.0. The minimum Gasteiger partial charge on any atom is -0.468 e. The maximum Gasteiger partial charge on any atom is 0.487 e. The van der Waals surface area contributed by atoms with Crippen molar-refractivity contribution in [2.45, 2.75) is 38.9 Å². The number of furan rings is 1. The summed E-state index contributed by atoms with van der Waals surface area (Å²) in [7, 11) is 1.21. The van der Waals surface area contributed by atoms with Gasteiger partial charge in [0.15, 0.2) is 0 Å². The molecule has 0 unspecified atom stereocenters. The summed E-state index contributed by atoms with van der Waals surface area (Å²) in [5.41, 5.74) is -0.633. The molecule has 1 aliphatic rings. The minimum atomic E-state index is -0.355. The molecule has 98 valence electrons. The average molecular weight is 250 g/mol. The van der Waals surface area contributed by atoms with E-state index < -0.39 is 0 Å². The molecule has 1 aromatic rings. The van der Waals surface area contributed by atoms with E-state index in [9.17, 15) is 0 Å². The molecule has 0 aliphatic carbocycles. The molecule has 0 bridgehead atoms. The van der Waals surface area contributed by atoms with Crippen molar-refractivity contribution in [3.8, 4) is 5.95 Å². The van der Waals surface area contributed by atoms with E-state index in [0.717, 1.165) is 0 Å². The Kier molecular flexibility index (Phi) is 3.30. The molecule has 0 N–H and O–H groups in total. The van der Waals surface area contributed by atoms with Crippen molar-refractivity contribution in [3.63, 3.8) is 0 Å². The number of ether oxygens (including phenoxy) is 1. The van der Waals surface area contributed by atoms with Crippen molar-refractivity contribution in [1.82, 2.24) is 0 Å². The predicted octanol–water partition coefficient (Wildman–Crippen LogP) is 2.93. The first-order chi connectivity index (χ1) is 8.34. The van der Waals surface area contributed by atoms with Gasteiger partial charge in [-0.2, -0.15) is 0 Å². The van der Waals surface area contributed by atoms with Crippen LogP contribution in [0.2, 0.25) is 0 Å². The van der Waals surface area contributed by atoms with Gasteiger partial charge in [0.2, 0.25) is 0 Å². The highest BCUT2D eigenvalue weighted by atomic mass is 16.7. The summed E-state index contributed by atoms with van der Waals surface area (Å²) in [4.78, 5) is 0. The minimum absolute atomic E-state index is 0.317. The van der Waals surface area contributed by atoms with E-state index in [0.29, 0.717) is 11.7 Å². The zero-order valence-corrected chi connectivity index (χ0v) is 11.5. The van der Waals surface area contributed by atoms with Gasteiger partial charge in [-0.25, -0.2) is 0 Å². The van der Waals surface area contributed by atoms with Crippen LogP contribution >= 0.6 is 0 Å². The molecule has 1 aromatic heterocycles. The molecule has 2 heterocycles. The lowest BCUT2D eigenvalue weighted by Gasteiger charge is -2.32. The Morgan fingerprint density at radius 2 is 1.72 bits per heavy atom. The average Bonchev–Trinajstić information content (AvgIpc) is 2.79. The Morgan fingerprint density at radius 3 is 2.22 bits per heavy atom. The lowest BCUT2D eigenvalue weighted by Crippen LogP contribution is -2.41. The lowest BCUT2D eigenvalue weighted by molar-refractivity contribution is 0.00578. The summed E-state index contributed by atoms with van der Waals surface area (Å²) in [6.07, 6.45) is 1.82. The van der Waals surface area contributed by atoms with E-state index in [4.69, 9.17) is 18.5 Å². The fourth-order valence-corrected chi connectivity index (χ4v) is 1.67. The van der Waals surface area contributed by atoms with E-state index in [-0.39, 0.29) is 18.3 Å². The molecule has 0 atom stereocenters. The highest BCUT2D eigenvalue weighted by Crippen LogP contribution is 2.37. The summed E-state index contributed by atoms with van der Waals surface area (Å²) in [6, 6.07) is 3.60. The van der Waals surface area contributed by atoms with Crippen LogP contribution in [0.1, 0.15) is 33.5 Å². The van der Waals surface area contributed by atoms with Crippen LogP contribution in [0.25, 0.3) is 6.08 Å². The second-order valence-corrected chi connectivity index (χ2v) is 5.34. The van der Waals surface area contributed by atoms with Crippen molar-refractivity contribution >= 4 is 13.2 Å². The monoisotopic (exact) mass is 250 g/mol. The van der Waals surface area contributed by atoms with Crippen LogP contribution in [0.15, 0.2) is 22.5 Å². The smallest absolute Gasteiger partial charge is 0.468 e. The van der Waals surface area contributed by atoms with Gasteiger partial charge in [0.25, 0.3) is 5.95 Å². The first-order valence-electron chi connectivity index (χ1n) is 6.02. The largest absolute Gasteiger partial charge is 0.487 e. The highest BCUT2D eigenvalue weighted by molar-refractivity contribution is 6.52. The molecule has 4 nitrogen and oxygen atoms in total. The normalized spacial score (nSPS) is 21.7. The fraction of sp³-hybridized carbons (Fsp3) is 0.538. The second-order valence-electron chi connectivity index (χ2n) is 5.34. The molecule has 0 amide bonds. The van der Waals surface area contributed by atoms with Gasteiger partial charge in [0, 0.05) is 6.07 Å². The zero-order chi connectivity index (χ0) is 13.4. The molecule has 0 spiro atoms. The lowest BCUT2D eigenvalue weighted by atomic mass is 9.90. The summed E-state index contributed by atoms with van der Waals surface area (Å²) >= 11 is 0. The third-order valence-electron chi connectivity index (χ3n) is 3.49. The zero-order valence-electron chi connectivity index (χ0n) is 11.5. The Balaban J connectivity index is 2.03. The standard InChI is InChI=1S/C13H19BO4/c1-12(2)13(3,4)18-14(17-12)9-8-10-6-7-11(15-5)16-10/h6-9H,1-5H3/b9-8+. The predicted molar refractivity (Wildman–Crippen MR) is 70.4 cm³/mol. The molecular weight excluding hydrogens is 231 g/mol. The number of methoxy groups -OCH3 is 1. The third kappa shape index (κ3) is 2.47. The van der Waals surface area contributed by atoms with E-state index in [2.05, 4.69) is 0 Å². The fourth-order valence-electron chi connectivity index (χ4n) is 1.67. The van der Waals surface area contributed by atoms with E-state index >= 15 is 0 Å². The van der Waals surface area contributed by atoms with Crippen molar-refractivity contribution in [1.29, 1.82) is 0 Å². The highest BCUT2D eigenvalue weighted by Gasteiger charge is 2.50. The summed E-state index contributed by atoms with van der Waals surface area (Å²) in [5, 5.41) is 0. The Morgan fingerprint density at radius 1 is 1.11 bits per heavy atom. The van der Waals surface area contributed by atoms with Crippen LogP contribution < -0.4 is 4.74 Å². The molecule has 18 heavy (non-hydrogen) atoms. The summed E-state index contributed by atoms with van der Waals surface area (Å²) in [6.45, 7) is 8.10. The Bertz CT molecular complexity index is 432. The number of rotatable bonds is 3. The van der Waals surface area contributed by atoms with Crippen LogP contribution in [0.3, 0.4) is 0 Å². The molecule has 5 heteroatoms. The van der Waals surface area contributed by atoms with E-state index in [1.807, 2.05) is 45.8 Å². The van der Waals surface area contributed by atoms with Gasteiger partial charge in [-0.3, -0.25) is 0 Å². The van der Waals surface area contributed by atoms with Crippen LogP contribution in [0.4, 0.5) is 0 Å². The number of hydrogen-bond donors (Lipinski definition) is 0. The summed E-state index contributed by atoms with van der Waals surface area (Å²) in [5.74, 6) is 3.04. The van der Waals surface area contributed by atoms with Crippen molar-refractivity contribution in [2.24, 2.45) is 0 Å². The Labute approximate surface area is 108 Å². The molecule has 1 aliphatic heterocycles. The van der Waals surface area contributed by atoms with Crippen molar-refractivity contribution in [2.75, 3.05) is 7.11 Å². The van der Waals surface area contributed by atoms with Gasteiger partial charge in [-0.1, -0.05) is 5.98 Å². The first-order valence-corrected chi connectivity index (χ1v) is 6.02. The van der Waals surface area contributed by atoms with Gasteiger partial charge in [-0.05, 0) is 39.8 Å². The topological polar surface area (TPSA) is 40.8 Å². The maximum atomic E-state index is 5.84. The molecular formula is C13H19BO4. The Hall–Kier alpha value is -1.20. The van der Waals surface area contributed by atoms with Crippen LogP contribution in [0.5, 0.6) is 5.95 Å². The molecule has 2 rings (SSSR count). The SMILES string of the molecule is COc1ccc(/C=C/B2OC(C)(C)C(C)(C)O2)o1. The molecule has 0 aromatic carbocycles. The van der Waals surface area contributed by atoms with Gasteiger partial charge in [-0.15, -0.1) is 0 Å². The van der Waals surface area contributed by atoms with Gasteiger partial charge in [0.05, 0.1) is 18.3 Å². The molecule has 1 fully saturated rings. The molecule has 0 radical (unpaired) electrons. The van der Waals surface area contributed by atoms with Gasteiger partial charge >= 0.3 is 7.12 Å². The quantitative estimate of drug-likeness (QED) is 0.773. The molecule has 0 saturated carbocycles. The molecule has 1 saturated heterocycles. The van der Waals surface area contributed by atoms with Crippen LogP contribution in [-0.2, 0) is 9.31 Å².